The lowest BCUT2D eigenvalue weighted by Gasteiger charge is -2.10. The van der Waals surface area contributed by atoms with E-state index in [2.05, 4.69) is 4.98 Å². The Morgan fingerprint density at radius 2 is 1.70 bits per heavy atom. The van der Waals surface area contributed by atoms with Gasteiger partial charge in [-0.3, -0.25) is 0 Å². The summed E-state index contributed by atoms with van der Waals surface area (Å²) < 4.78 is 5.40. The average Bonchev–Trinajstić information content (AvgIpc) is 2.49. The van der Waals surface area contributed by atoms with Crippen LogP contribution in [-0.2, 0) is 0 Å². The van der Waals surface area contributed by atoms with Crippen LogP contribution in [0.25, 0.3) is 10.9 Å². The first-order valence-electron chi connectivity index (χ1n) is 6.22. The smallest absolute Gasteiger partial charge is 0.518 e. The van der Waals surface area contributed by atoms with E-state index >= 15 is 0 Å². The van der Waals surface area contributed by atoms with Gasteiger partial charge in [0.25, 0.3) is 0 Å². The molecule has 1 aromatic heterocycles. The number of aromatic hydroxyl groups is 1. The SMILES string of the molecule is OB(Oc1ccc2cccc(O)c2n1)c1ccccc1. The molecule has 0 bridgehead atoms. The van der Waals surface area contributed by atoms with Crippen molar-refractivity contribution in [2.24, 2.45) is 0 Å². The first-order valence-corrected chi connectivity index (χ1v) is 6.22. The molecule has 4 nitrogen and oxygen atoms in total. The molecule has 0 amide bonds. The first kappa shape index (κ1) is 12.5. The number of pyridine rings is 1. The molecule has 2 N–H and O–H groups in total. The van der Waals surface area contributed by atoms with Gasteiger partial charge in [-0.15, -0.1) is 0 Å². The van der Waals surface area contributed by atoms with E-state index in [1.165, 1.54) is 0 Å². The minimum Gasteiger partial charge on any atom is -0.518 e. The lowest BCUT2D eigenvalue weighted by molar-refractivity contribution is 0.423. The Hall–Kier alpha value is -2.53. The van der Waals surface area contributed by atoms with E-state index in [0.29, 0.717) is 11.0 Å². The largest absolute Gasteiger partial charge is 0.561 e. The summed E-state index contributed by atoms with van der Waals surface area (Å²) in [6, 6.07) is 17.6. The molecule has 0 atom stereocenters. The summed E-state index contributed by atoms with van der Waals surface area (Å²) in [6.07, 6.45) is 0. The predicted octanol–water partition coefficient (Wildman–Crippen LogP) is 1.71. The number of fused-ring (bicyclic) bond motifs is 1. The van der Waals surface area contributed by atoms with Crippen molar-refractivity contribution < 1.29 is 14.8 Å². The van der Waals surface area contributed by atoms with Crippen LogP contribution in [0.1, 0.15) is 0 Å². The number of phenolic OH excluding ortho intramolecular Hbond substituents is 1. The highest BCUT2D eigenvalue weighted by Crippen LogP contribution is 2.24. The van der Waals surface area contributed by atoms with E-state index in [0.717, 1.165) is 5.39 Å². The minimum absolute atomic E-state index is 0.0853. The fourth-order valence-electron chi connectivity index (χ4n) is 1.98. The van der Waals surface area contributed by atoms with Crippen LogP contribution >= 0.6 is 0 Å². The molecule has 1 heterocycles. The van der Waals surface area contributed by atoms with Gasteiger partial charge in [0.2, 0.25) is 0 Å². The normalized spacial score (nSPS) is 10.4. The zero-order chi connectivity index (χ0) is 13.9. The maximum Gasteiger partial charge on any atom is 0.561 e. The van der Waals surface area contributed by atoms with Crippen LogP contribution in [0.3, 0.4) is 0 Å². The Morgan fingerprint density at radius 1 is 0.900 bits per heavy atom. The number of hydrogen-bond donors (Lipinski definition) is 2. The van der Waals surface area contributed by atoms with E-state index in [-0.39, 0.29) is 11.6 Å². The molecule has 3 rings (SSSR count). The van der Waals surface area contributed by atoms with Gasteiger partial charge in [-0.25, -0.2) is 4.98 Å². The van der Waals surface area contributed by atoms with Crippen molar-refractivity contribution in [1.29, 1.82) is 0 Å². The molecule has 0 spiro atoms. The molecular formula is C15H12BNO3. The van der Waals surface area contributed by atoms with Gasteiger partial charge in [0.15, 0.2) is 5.88 Å². The van der Waals surface area contributed by atoms with Crippen LogP contribution in [0.5, 0.6) is 11.6 Å². The number of rotatable bonds is 3. The zero-order valence-corrected chi connectivity index (χ0v) is 10.6. The summed E-state index contributed by atoms with van der Waals surface area (Å²) in [6.45, 7) is 0. The second-order valence-corrected chi connectivity index (χ2v) is 4.38. The van der Waals surface area contributed by atoms with Crippen molar-refractivity contribution in [3.8, 4) is 11.6 Å². The van der Waals surface area contributed by atoms with Crippen molar-refractivity contribution in [3.05, 3.63) is 60.7 Å². The maximum absolute atomic E-state index is 9.99. The topological polar surface area (TPSA) is 62.6 Å². The summed E-state index contributed by atoms with van der Waals surface area (Å²) in [5.74, 6) is 0.345. The molecular weight excluding hydrogens is 253 g/mol. The van der Waals surface area contributed by atoms with E-state index in [1.807, 2.05) is 24.3 Å². The zero-order valence-electron chi connectivity index (χ0n) is 10.6. The second-order valence-electron chi connectivity index (χ2n) is 4.38. The Kier molecular flexibility index (Phi) is 3.27. The lowest BCUT2D eigenvalue weighted by Crippen LogP contribution is -2.36. The third-order valence-corrected chi connectivity index (χ3v) is 2.99. The fourth-order valence-corrected chi connectivity index (χ4v) is 1.98. The van der Waals surface area contributed by atoms with Crippen molar-refractivity contribution in [3.63, 3.8) is 0 Å². The third kappa shape index (κ3) is 2.44. The van der Waals surface area contributed by atoms with Gasteiger partial charge in [0, 0.05) is 5.39 Å². The van der Waals surface area contributed by atoms with Gasteiger partial charge in [0.05, 0.1) is 0 Å². The van der Waals surface area contributed by atoms with E-state index in [4.69, 9.17) is 4.65 Å². The lowest BCUT2D eigenvalue weighted by atomic mass is 9.80. The van der Waals surface area contributed by atoms with Crippen molar-refractivity contribution in [2.45, 2.75) is 0 Å². The highest BCUT2D eigenvalue weighted by atomic mass is 16.5. The molecule has 0 unspecified atom stereocenters. The van der Waals surface area contributed by atoms with E-state index < -0.39 is 7.12 Å². The van der Waals surface area contributed by atoms with Crippen LogP contribution < -0.4 is 10.1 Å². The Morgan fingerprint density at radius 3 is 2.50 bits per heavy atom. The number of benzene rings is 2. The second kappa shape index (κ2) is 5.23. The molecule has 0 fully saturated rings. The third-order valence-electron chi connectivity index (χ3n) is 2.99. The summed E-state index contributed by atoms with van der Waals surface area (Å²) in [4.78, 5) is 4.21. The fraction of sp³-hybridized carbons (Fsp3) is 0. The van der Waals surface area contributed by atoms with Crippen molar-refractivity contribution in [1.82, 2.24) is 4.98 Å². The molecule has 5 heteroatoms. The molecule has 98 valence electrons. The van der Waals surface area contributed by atoms with Gasteiger partial charge in [0.1, 0.15) is 11.3 Å². The average molecular weight is 265 g/mol. The minimum atomic E-state index is -1.09. The number of para-hydroxylation sites is 1. The predicted molar refractivity (Wildman–Crippen MR) is 78.1 cm³/mol. The Labute approximate surface area is 116 Å². The number of phenols is 1. The summed E-state index contributed by atoms with van der Waals surface area (Å²) in [7, 11) is -1.09. The van der Waals surface area contributed by atoms with Gasteiger partial charge in [-0.2, -0.15) is 0 Å². The summed E-state index contributed by atoms with van der Waals surface area (Å²) in [5.41, 5.74) is 1.09. The van der Waals surface area contributed by atoms with E-state index in [1.54, 1.807) is 36.4 Å². The Balaban J connectivity index is 1.90. The monoisotopic (exact) mass is 265 g/mol. The first-order chi connectivity index (χ1) is 9.74. The quantitative estimate of drug-likeness (QED) is 0.707. The van der Waals surface area contributed by atoms with Crippen LogP contribution in [0.15, 0.2) is 60.7 Å². The van der Waals surface area contributed by atoms with Gasteiger partial charge in [-0.1, -0.05) is 42.5 Å². The van der Waals surface area contributed by atoms with Crippen LogP contribution in [0.4, 0.5) is 0 Å². The van der Waals surface area contributed by atoms with Crippen LogP contribution in [-0.4, -0.2) is 22.2 Å². The molecule has 0 saturated carbocycles. The van der Waals surface area contributed by atoms with Crippen molar-refractivity contribution in [2.75, 3.05) is 0 Å². The van der Waals surface area contributed by atoms with Crippen LogP contribution in [0, 0.1) is 0 Å². The highest BCUT2D eigenvalue weighted by molar-refractivity contribution is 6.60. The van der Waals surface area contributed by atoms with E-state index in [9.17, 15) is 10.1 Å². The molecule has 0 radical (unpaired) electrons. The number of hydrogen-bond acceptors (Lipinski definition) is 4. The highest BCUT2D eigenvalue weighted by Gasteiger charge is 2.19. The molecule has 2 aromatic carbocycles. The maximum atomic E-state index is 9.99. The number of aromatic nitrogens is 1. The van der Waals surface area contributed by atoms with Gasteiger partial charge in [-0.05, 0) is 23.7 Å². The van der Waals surface area contributed by atoms with Gasteiger partial charge < -0.3 is 14.8 Å². The standard InChI is InChI=1S/C15H12BNO3/c18-13-8-4-5-11-9-10-14(17-15(11)13)20-16(19)12-6-2-1-3-7-12/h1-10,18-19H. The molecule has 20 heavy (non-hydrogen) atoms. The molecule has 3 aromatic rings. The van der Waals surface area contributed by atoms with Crippen molar-refractivity contribution >= 4 is 23.5 Å². The summed E-state index contributed by atoms with van der Waals surface area (Å²) >= 11 is 0. The molecule has 0 aliphatic heterocycles. The molecule has 0 saturated heterocycles. The van der Waals surface area contributed by atoms with Gasteiger partial charge >= 0.3 is 7.12 Å². The Bertz CT molecular complexity index is 734. The van der Waals surface area contributed by atoms with Crippen LogP contribution in [0.2, 0.25) is 0 Å². The molecule has 0 aliphatic rings. The number of nitrogens with zero attached hydrogens (tertiary/aromatic N) is 1. The molecule has 0 aliphatic carbocycles. The summed E-state index contributed by atoms with van der Waals surface area (Å²) in [5, 5.41) is 20.6.